The highest BCUT2D eigenvalue weighted by Crippen LogP contribution is 2.32. The van der Waals surface area contributed by atoms with Gasteiger partial charge in [-0.2, -0.15) is 0 Å². The van der Waals surface area contributed by atoms with Crippen molar-refractivity contribution >= 4 is 5.91 Å². The molecule has 0 bridgehead atoms. The van der Waals surface area contributed by atoms with E-state index in [9.17, 15) is 4.79 Å². The minimum Gasteiger partial charge on any atom is -0.345 e. The molecule has 88 valence electrons. The van der Waals surface area contributed by atoms with Gasteiger partial charge in [-0.25, -0.2) is 0 Å². The normalized spacial score (nSPS) is 25.5. The van der Waals surface area contributed by atoms with Gasteiger partial charge in [0.2, 0.25) is 5.91 Å². The predicted octanol–water partition coefficient (Wildman–Crippen LogP) is 1.63. The van der Waals surface area contributed by atoms with E-state index in [2.05, 4.69) is 19.2 Å². The molecule has 0 aromatic heterocycles. The fourth-order valence-electron chi connectivity index (χ4n) is 2.57. The second-order valence-electron chi connectivity index (χ2n) is 4.68. The van der Waals surface area contributed by atoms with E-state index in [0.29, 0.717) is 5.91 Å². The number of nitrogens with zero attached hydrogens (tertiary/aromatic N) is 1. The Morgan fingerprint density at radius 2 is 2.13 bits per heavy atom. The molecule has 1 rings (SSSR count). The number of nitrogens with one attached hydrogen (secondary N) is 1. The first-order valence-electron chi connectivity index (χ1n) is 6.12. The van der Waals surface area contributed by atoms with Crippen LogP contribution in [0.1, 0.15) is 39.5 Å². The van der Waals surface area contributed by atoms with Crippen LogP contribution in [0.4, 0.5) is 0 Å². The van der Waals surface area contributed by atoms with E-state index in [1.165, 1.54) is 0 Å². The second-order valence-corrected chi connectivity index (χ2v) is 4.68. The third-order valence-electron chi connectivity index (χ3n) is 3.33. The zero-order chi connectivity index (χ0) is 11.3. The van der Waals surface area contributed by atoms with Crippen molar-refractivity contribution in [3.63, 3.8) is 0 Å². The predicted molar refractivity (Wildman–Crippen MR) is 62.8 cm³/mol. The van der Waals surface area contributed by atoms with Crippen LogP contribution >= 0.6 is 0 Å². The number of hydrogen-bond donors (Lipinski definition) is 1. The Bertz CT molecular complexity index is 210. The molecule has 1 heterocycles. The Labute approximate surface area is 93.2 Å². The molecule has 0 aromatic rings. The number of amides is 1. The van der Waals surface area contributed by atoms with E-state index in [1.54, 1.807) is 0 Å². The van der Waals surface area contributed by atoms with Crippen molar-refractivity contribution in [2.75, 3.05) is 26.7 Å². The molecule has 0 aliphatic carbocycles. The molecule has 0 aromatic carbocycles. The Morgan fingerprint density at radius 1 is 1.40 bits per heavy atom. The molecule has 3 heteroatoms. The number of carbonyl (C=O) groups excluding carboxylic acids is 1. The minimum absolute atomic E-state index is 0.0985. The summed E-state index contributed by atoms with van der Waals surface area (Å²) >= 11 is 0. The summed E-state index contributed by atoms with van der Waals surface area (Å²) in [5.41, 5.74) is -0.0985. The number of hydrogen-bond acceptors (Lipinski definition) is 2. The van der Waals surface area contributed by atoms with Crippen LogP contribution in [0.25, 0.3) is 0 Å². The fraction of sp³-hybridized carbons (Fsp3) is 0.917. The summed E-state index contributed by atoms with van der Waals surface area (Å²) in [6, 6.07) is 0. The van der Waals surface area contributed by atoms with Gasteiger partial charge in [-0.1, -0.05) is 20.3 Å². The SMILES string of the molecule is CCCN(C)C(=O)C1(CCC)CCNC1. The van der Waals surface area contributed by atoms with Gasteiger partial charge >= 0.3 is 0 Å². The van der Waals surface area contributed by atoms with Crippen LogP contribution in [0.2, 0.25) is 0 Å². The summed E-state index contributed by atoms with van der Waals surface area (Å²) in [6.45, 7) is 7.01. The summed E-state index contributed by atoms with van der Waals surface area (Å²) < 4.78 is 0. The maximum atomic E-state index is 12.3. The maximum absolute atomic E-state index is 12.3. The zero-order valence-corrected chi connectivity index (χ0v) is 10.3. The highest BCUT2D eigenvalue weighted by molar-refractivity contribution is 5.83. The topological polar surface area (TPSA) is 32.3 Å². The lowest BCUT2D eigenvalue weighted by molar-refractivity contribution is -0.140. The summed E-state index contributed by atoms with van der Waals surface area (Å²) in [7, 11) is 1.93. The fourth-order valence-corrected chi connectivity index (χ4v) is 2.57. The van der Waals surface area contributed by atoms with Gasteiger partial charge in [-0.15, -0.1) is 0 Å². The molecule has 0 spiro atoms. The highest BCUT2D eigenvalue weighted by Gasteiger charge is 2.41. The van der Waals surface area contributed by atoms with E-state index in [0.717, 1.165) is 45.3 Å². The molecule has 1 unspecified atom stereocenters. The zero-order valence-electron chi connectivity index (χ0n) is 10.3. The molecule has 0 radical (unpaired) electrons. The van der Waals surface area contributed by atoms with Gasteiger partial charge in [-0.3, -0.25) is 4.79 Å². The van der Waals surface area contributed by atoms with Crippen LogP contribution in [0.3, 0.4) is 0 Å². The first kappa shape index (κ1) is 12.5. The van der Waals surface area contributed by atoms with Crippen molar-refractivity contribution in [1.29, 1.82) is 0 Å². The lowest BCUT2D eigenvalue weighted by atomic mass is 9.81. The van der Waals surface area contributed by atoms with E-state index < -0.39 is 0 Å². The third kappa shape index (κ3) is 2.71. The Balaban J connectivity index is 2.66. The molecule has 1 fully saturated rings. The molecular weight excluding hydrogens is 188 g/mol. The molecule has 1 amide bonds. The lowest BCUT2D eigenvalue weighted by Gasteiger charge is -2.31. The molecule has 0 saturated carbocycles. The van der Waals surface area contributed by atoms with Crippen molar-refractivity contribution in [2.45, 2.75) is 39.5 Å². The highest BCUT2D eigenvalue weighted by atomic mass is 16.2. The van der Waals surface area contributed by atoms with Crippen LogP contribution in [0.5, 0.6) is 0 Å². The smallest absolute Gasteiger partial charge is 0.229 e. The van der Waals surface area contributed by atoms with Crippen LogP contribution in [0, 0.1) is 5.41 Å². The maximum Gasteiger partial charge on any atom is 0.229 e. The largest absolute Gasteiger partial charge is 0.345 e. The molecular formula is C12H24N2O. The molecule has 1 aliphatic rings. The Kier molecular flexibility index (Phi) is 4.58. The monoisotopic (exact) mass is 212 g/mol. The van der Waals surface area contributed by atoms with E-state index in [1.807, 2.05) is 11.9 Å². The molecule has 1 aliphatic heterocycles. The van der Waals surface area contributed by atoms with E-state index in [-0.39, 0.29) is 5.41 Å². The van der Waals surface area contributed by atoms with Gasteiger partial charge in [0.05, 0.1) is 5.41 Å². The van der Waals surface area contributed by atoms with Gasteiger partial charge in [-0.05, 0) is 25.8 Å². The molecule has 1 atom stereocenters. The van der Waals surface area contributed by atoms with Crippen molar-refractivity contribution in [2.24, 2.45) is 5.41 Å². The standard InChI is InChI=1S/C12H24N2O/c1-4-6-12(7-8-13-10-12)11(15)14(3)9-5-2/h13H,4-10H2,1-3H3. The lowest BCUT2D eigenvalue weighted by Crippen LogP contribution is -2.43. The first-order valence-corrected chi connectivity index (χ1v) is 6.12. The average Bonchev–Trinajstić information content (AvgIpc) is 2.67. The van der Waals surface area contributed by atoms with E-state index in [4.69, 9.17) is 0 Å². The summed E-state index contributed by atoms with van der Waals surface area (Å²) in [5, 5.41) is 3.33. The Morgan fingerprint density at radius 3 is 2.60 bits per heavy atom. The molecule has 3 nitrogen and oxygen atoms in total. The van der Waals surface area contributed by atoms with Crippen molar-refractivity contribution in [3.05, 3.63) is 0 Å². The van der Waals surface area contributed by atoms with Gasteiger partial charge in [0.15, 0.2) is 0 Å². The van der Waals surface area contributed by atoms with Crippen LogP contribution in [-0.2, 0) is 4.79 Å². The summed E-state index contributed by atoms with van der Waals surface area (Å²) in [4.78, 5) is 14.2. The van der Waals surface area contributed by atoms with Gasteiger partial charge in [0, 0.05) is 20.1 Å². The van der Waals surface area contributed by atoms with Crippen molar-refractivity contribution < 1.29 is 4.79 Å². The quantitative estimate of drug-likeness (QED) is 0.751. The van der Waals surface area contributed by atoms with Crippen LogP contribution in [0.15, 0.2) is 0 Å². The Hall–Kier alpha value is -0.570. The second kappa shape index (κ2) is 5.50. The van der Waals surface area contributed by atoms with E-state index >= 15 is 0 Å². The third-order valence-corrected chi connectivity index (χ3v) is 3.33. The first-order chi connectivity index (χ1) is 7.16. The van der Waals surface area contributed by atoms with Gasteiger partial charge in [0.1, 0.15) is 0 Å². The van der Waals surface area contributed by atoms with Crippen LogP contribution in [-0.4, -0.2) is 37.5 Å². The number of carbonyl (C=O) groups is 1. The average molecular weight is 212 g/mol. The molecule has 1 N–H and O–H groups in total. The van der Waals surface area contributed by atoms with Gasteiger partial charge < -0.3 is 10.2 Å². The van der Waals surface area contributed by atoms with Gasteiger partial charge in [0.25, 0.3) is 0 Å². The number of rotatable bonds is 5. The summed E-state index contributed by atoms with van der Waals surface area (Å²) in [5.74, 6) is 0.344. The van der Waals surface area contributed by atoms with Crippen molar-refractivity contribution in [3.8, 4) is 0 Å². The van der Waals surface area contributed by atoms with Crippen LogP contribution < -0.4 is 5.32 Å². The van der Waals surface area contributed by atoms with Crippen molar-refractivity contribution in [1.82, 2.24) is 10.2 Å². The summed E-state index contributed by atoms with van der Waals surface area (Å²) in [6.07, 6.45) is 4.16. The molecule has 1 saturated heterocycles. The molecule has 15 heavy (non-hydrogen) atoms. The minimum atomic E-state index is -0.0985.